The lowest BCUT2D eigenvalue weighted by molar-refractivity contribution is -0.684. The van der Waals surface area contributed by atoms with Crippen LogP contribution in [-0.4, -0.2) is 19.0 Å². The zero-order valence-corrected chi connectivity index (χ0v) is 12.0. The maximum atomic E-state index is 12.0. The highest BCUT2D eigenvalue weighted by Crippen LogP contribution is 2.15. The molecule has 0 radical (unpaired) electrons. The molecular formula is C16H17N2O3+. The summed E-state index contributed by atoms with van der Waals surface area (Å²) in [6.45, 7) is 2.16. The number of pyridine rings is 1. The Morgan fingerprint density at radius 2 is 1.81 bits per heavy atom. The molecule has 5 nitrogen and oxygen atoms in total. The summed E-state index contributed by atoms with van der Waals surface area (Å²) in [5, 5.41) is 2.73. The number of methoxy groups -OCH3 is 1. The number of carbonyl (C=O) groups is 2. The van der Waals surface area contributed by atoms with Gasteiger partial charge in [0.2, 0.25) is 6.54 Å². The first-order chi connectivity index (χ1) is 10.1. The minimum absolute atomic E-state index is 0.176. The molecule has 0 spiro atoms. The Balaban J connectivity index is 2.09. The lowest BCUT2D eigenvalue weighted by Crippen LogP contribution is -2.39. The van der Waals surface area contributed by atoms with E-state index in [1.54, 1.807) is 28.8 Å². The number of nitrogens with one attached hydrogen (secondary N) is 1. The maximum Gasteiger partial charge on any atom is 0.339 e. The van der Waals surface area contributed by atoms with Crippen LogP contribution in [0.25, 0.3) is 0 Å². The van der Waals surface area contributed by atoms with Crippen LogP contribution < -0.4 is 9.88 Å². The van der Waals surface area contributed by atoms with Crippen LogP contribution in [0.1, 0.15) is 15.9 Å². The van der Waals surface area contributed by atoms with Gasteiger partial charge in [-0.1, -0.05) is 12.1 Å². The predicted octanol–water partition coefficient (Wildman–Crippen LogP) is 1.71. The SMILES string of the molecule is COC(=O)c1ccccc1NC(=O)C[n+]1ccc(C)cc1. The summed E-state index contributed by atoms with van der Waals surface area (Å²) in [6.07, 6.45) is 3.67. The number of ether oxygens (including phenoxy) is 1. The van der Waals surface area contributed by atoms with E-state index in [0.717, 1.165) is 5.56 Å². The van der Waals surface area contributed by atoms with Gasteiger partial charge in [-0.05, 0) is 24.6 Å². The van der Waals surface area contributed by atoms with Gasteiger partial charge in [-0.15, -0.1) is 0 Å². The van der Waals surface area contributed by atoms with Gasteiger partial charge in [-0.3, -0.25) is 4.79 Å². The Bertz CT molecular complexity index is 651. The van der Waals surface area contributed by atoms with Crippen molar-refractivity contribution in [2.45, 2.75) is 13.5 Å². The molecule has 0 unspecified atom stereocenters. The third kappa shape index (κ3) is 3.89. The molecule has 0 atom stereocenters. The smallest absolute Gasteiger partial charge is 0.339 e. The zero-order chi connectivity index (χ0) is 15.2. The Morgan fingerprint density at radius 3 is 2.48 bits per heavy atom. The van der Waals surface area contributed by atoms with Gasteiger partial charge < -0.3 is 10.1 Å². The van der Waals surface area contributed by atoms with Crippen molar-refractivity contribution in [1.29, 1.82) is 0 Å². The number of carbonyl (C=O) groups excluding carboxylic acids is 2. The lowest BCUT2D eigenvalue weighted by atomic mass is 10.2. The van der Waals surface area contributed by atoms with E-state index < -0.39 is 5.97 Å². The first-order valence-corrected chi connectivity index (χ1v) is 6.53. The summed E-state index contributed by atoms with van der Waals surface area (Å²) >= 11 is 0. The van der Waals surface area contributed by atoms with Crippen LogP contribution in [-0.2, 0) is 16.1 Å². The van der Waals surface area contributed by atoms with Crippen molar-refractivity contribution >= 4 is 17.6 Å². The second-order valence-electron chi connectivity index (χ2n) is 4.63. The van der Waals surface area contributed by atoms with Crippen LogP contribution in [0.2, 0.25) is 0 Å². The molecule has 2 rings (SSSR count). The standard InChI is InChI=1S/C16H16N2O3/c1-12-7-9-18(10-8-12)11-15(19)17-14-6-4-3-5-13(14)16(20)21-2/h3-10H,11H2,1-2H3/p+1. The Hall–Kier alpha value is -2.69. The highest BCUT2D eigenvalue weighted by Gasteiger charge is 2.15. The molecule has 108 valence electrons. The monoisotopic (exact) mass is 285 g/mol. The van der Waals surface area contributed by atoms with E-state index in [9.17, 15) is 9.59 Å². The summed E-state index contributed by atoms with van der Waals surface area (Å²) in [5.41, 5.74) is 1.91. The van der Waals surface area contributed by atoms with Crippen LogP contribution in [0.4, 0.5) is 5.69 Å². The number of nitrogens with zero attached hydrogens (tertiary/aromatic N) is 1. The molecule has 1 aromatic heterocycles. The van der Waals surface area contributed by atoms with Crippen molar-refractivity contribution in [2.75, 3.05) is 12.4 Å². The van der Waals surface area contributed by atoms with Gasteiger partial charge in [0, 0.05) is 12.1 Å². The number of esters is 1. The van der Waals surface area contributed by atoms with Crippen molar-refractivity contribution in [3.63, 3.8) is 0 Å². The van der Waals surface area contributed by atoms with Crippen LogP contribution in [0.15, 0.2) is 48.8 Å². The fourth-order valence-electron chi connectivity index (χ4n) is 1.87. The minimum atomic E-state index is -0.478. The first-order valence-electron chi connectivity index (χ1n) is 6.53. The molecule has 0 aliphatic carbocycles. The predicted molar refractivity (Wildman–Crippen MR) is 77.8 cm³/mol. The molecule has 0 fully saturated rings. The molecule has 1 amide bonds. The molecule has 1 heterocycles. The van der Waals surface area contributed by atoms with Gasteiger partial charge >= 0.3 is 5.97 Å². The fraction of sp³-hybridized carbons (Fsp3) is 0.188. The van der Waals surface area contributed by atoms with E-state index in [0.29, 0.717) is 11.3 Å². The average Bonchev–Trinajstić information content (AvgIpc) is 2.49. The number of amides is 1. The molecule has 21 heavy (non-hydrogen) atoms. The minimum Gasteiger partial charge on any atom is -0.465 e. The van der Waals surface area contributed by atoms with E-state index in [-0.39, 0.29) is 12.5 Å². The van der Waals surface area contributed by atoms with Crippen molar-refractivity contribution in [3.8, 4) is 0 Å². The number of anilines is 1. The molecule has 0 bridgehead atoms. The Morgan fingerprint density at radius 1 is 1.14 bits per heavy atom. The molecule has 0 aliphatic rings. The Labute approximate surface area is 123 Å². The van der Waals surface area contributed by atoms with E-state index in [4.69, 9.17) is 4.74 Å². The summed E-state index contributed by atoms with van der Waals surface area (Å²) < 4.78 is 6.46. The van der Waals surface area contributed by atoms with Crippen molar-refractivity contribution in [3.05, 3.63) is 59.9 Å². The topological polar surface area (TPSA) is 59.3 Å². The maximum absolute atomic E-state index is 12.0. The van der Waals surface area contributed by atoms with Gasteiger partial charge in [-0.25, -0.2) is 4.79 Å². The van der Waals surface area contributed by atoms with Crippen LogP contribution in [0.3, 0.4) is 0 Å². The first kappa shape index (κ1) is 14.7. The van der Waals surface area contributed by atoms with Crippen LogP contribution in [0.5, 0.6) is 0 Å². The van der Waals surface area contributed by atoms with Crippen LogP contribution >= 0.6 is 0 Å². The number of aryl methyl sites for hydroxylation is 1. The van der Waals surface area contributed by atoms with Gasteiger partial charge in [0.1, 0.15) is 0 Å². The normalized spacial score (nSPS) is 10.0. The molecule has 2 aromatic rings. The van der Waals surface area contributed by atoms with Gasteiger partial charge in [-0.2, -0.15) is 4.57 Å². The number of hydrogen-bond donors (Lipinski definition) is 1. The molecule has 1 N–H and O–H groups in total. The van der Waals surface area contributed by atoms with Gasteiger partial charge in [0.05, 0.1) is 18.4 Å². The van der Waals surface area contributed by atoms with Gasteiger partial charge in [0.25, 0.3) is 5.91 Å². The molecule has 5 heteroatoms. The number of para-hydroxylation sites is 1. The van der Waals surface area contributed by atoms with E-state index in [2.05, 4.69) is 5.32 Å². The number of aromatic nitrogens is 1. The largest absolute Gasteiger partial charge is 0.465 e. The van der Waals surface area contributed by atoms with E-state index in [1.807, 2.05) is 31.5 Å². The summed E-state index contributed by atoms with van der Waals surface area (Å²) in [7, 11) is 1.31. The lowest BCUT2D eigenvalue weighted by Gasteiger charge is -2.08. The number of hydrogen-bond acceptors (Lipinski definition) is 3. The second kappa shape index (κ2) is 6.65. The zero-order valence-electron chi connectivity index (χ0n) is 12.0. The highest BCUT2D eigenvalue weighted by molar-refractivity contribution is 6.00. The molecule has 0 saturated heterocycles. The quantitative estimate of drug-likeness (QED) is 0.687. The van der Waals surface area contributed by atoms with Crippen molar-refractivity contribution in [1.82, 2.24) is 0 Å². The molecule has 0 saturated carbocycles. The summed E-state index contributed by atoms with van der Waals surface area (Å²) in [5.74, 6) is -0.686. The summed E-state index contributed by atoms with van der Waals surface area (Å²) in [6, 6.07) is 10.6. The van der Waals surface area contributed by atoms with Gasteiger partial charge in [0.15, 0.2) is 12.4 Å². The number of benzene rings is 1. The van der Waals surface area contributed by atoms with Crippen LogP contribution in [0, 0.1) is 6.92 Å². The van der Waals surface area contributed by atoms with Crippen molar-refractivity contribution < 1.29 is 18.9 Å². The highest BCUT2D eigenvalue weighted by atomic mass is 16.5. The van der Waals surface area contributed by atoms with E-state index in [1.165, 1.54) is 7.11 Å². The molecule has 0 aliphatic heterocycles. The van der Waals surface area contributed by atoms with E-state index >= 15 is 0 Å². The third-order valence-corrected chi connectivity index (χ3v) is 2.99. The molecular weight excluding hydrogens is 268 g/mol. The molecule has 1 aromatic carbocycles. The summed E-state index contributed by atoms with van der Waals surface area (Å²) in [4.78, 5) is 23.7. The third-order valence-electron chi connectivity index (χ3n) is 2.99. The Kier molecular flexibility index (Phi) is 4.66. The fourth-order valence-corrected chi connectivity index (χ4v) is 1.87. The second-order valence-corrected chi connectivity index (χ2v) is 4.63. The average molecular weight is 285 g/mol. The van der Waals surface area contributed by atoms with Crippen molar-refractivity contribution in [2.24, 2.45) is 0 Å². The number of rotatable bonds is 4.